The molecule has 0 atom stereocenters. The Morgan fingerprint density at radius 3 is 2.29 bits per heavy atom. The molecule has 2 N–H and O–H groups in total. The second-order valence-corrected chi connectivity index (χ2v) is 6.89. The zero-order chi connectivity index (χ0) is 13.1. The monoisotopic (exact) mass is 263 g/mol. The van der Waals surface area contributed by atoms with Gasteiger partial charge in [-0.3, -0.25) is 9.59 Å². The fourth-order valence-electron chi connectivity index (χ4n) is 1.88. The molecular formula is C10H17NO5S. The molecule has 1 saturated carbocycles. The second-order valence-electron chi connectivity index (χ2n) is 4.63. The Kier molecular flexibility index (Phi) is 4.13. The van der Waals surface area contributed by atoms with Crippen molar-refractivity contribution < 1.29 is 23.1 Å². The van der Waals surface area contributed by atoms with E-state index in [1.165, 1.54) is 0 Å². The van der Waals surface area contributed by atoms with Gasteiger partial charge in [-0.15, -0.1) is 0 Å². The van der Waals surface area contributed by atoms with Crippen molar-refractivity contribution in [3.05, 3.63) is 0 Å². The zero-order valence-corrected chi connectivity index (χ0v) is 10.5. The lowest BCUT2D eigenvalue weighted by atomic mass is 9.74. The summed E-state index contributed by atoms with van der Waals surface area (Å²) in [6, 6.07) is 0. The number of nitrogens with one attached hydrogen (secondary N) is 1. The first-order valence-corrected chi connectivity index (χ1v) is 7.49. The number of carboxylic acids is 1. The van der Waals surface area contributed by atoms with E-state index in [2.05, 4.69) is 5.32 Å². The predicted molar refractivity (Wildman–Crippen MR) is 61.3 cm³/mol. The highest BCUT2D eigenvalue weighted by Gasteiger charge is 2.40. The SMILES string of the molecule is CS(=O)(=O)CCC(=O)NC1(CC(=O)O)CCC1. The van der Waals surface area contributed by atoms with E-state index in [0.29, 0.717) is 12.8 Å². The molecule has 6 nitrogen and oxygen atoms in total. The van der Waals surface area contributed by atoms with Crippen LogP contribution >= 0.6 is 0 Å². The van der Waals surface area contributed by atoms with Crippen LogP contribution in [-0.4, -0.2) is 42.9 Å². The lowest BCUT2D eigenvalue weighted by molar-refractivity contribution is -0.140. The van der Waals surface area contributed by atoms with Crippen LogP contribution in [0.25, 0.3) is 0 Å². The average Bonchev–Trinajstić information content (AvgIpc) is 2.09. The van der Waals surface area contributed by atoms with Crippen molar-refractivity contribution in [1.29, 1.82) is 0 Å². The molecule has 0 aromatic carbocycles. The Morgan fingerprint density at radius 2 is 1.94 bits per heavy atom. The fraction of sp³-hybridized carbons (Fsp3) is 0.800. The van der Waals surface area contributed by atoms with Crippen LogP contribution in [0.1, 0.15) is 32.1 Å². The van der Waals surface area contributed by atoms with Crippen LogP contribution in [-0.2, 0) is 19.4 Å². The third kappa shape index (κ3) is 4.72. The van der Waals surface area contributed by atoms with Crippen LogP contribution in [0.4, 0.5) is 0 Å². The van der Waals surface area contributed by atoms with Gasteiger partial charge in [-0.2, -0.15) is 0 Å². The maximum absolute atomic E-state index is 11.5. The molecule has 17 heavy (non-hydrogen) atoms. The van der Waals surface area contributed by atoms with Crippen LogP contribution < -0.4 is 5.32 Å². The smallest absolute Gasteiger partial charge is 0.305 e. The standard InChI is InChI=1S/C10H17NO5S/c1-17(15,16)6-3-8(12)11-10(4-2-5-10)7-9(13)14/h2-7H2,1H3,(H,11,12)(H,13,14). The highest BCUT2D eigenvalue weighted by Crippen LogP contribution is 2.34. The number of hydrogen-bond acceptors (Lipinski definition) is 4. The Balaban J connectivity index is 2.46. The topological polar surface area (TPSA) is 101 Å². The van der Waals surface area contributed by atoms with E-state index in [4.69, 9.17) is 5.11 Å². The van der Waals surface area contributed by atoms with Gasteiger partial charge in [0, 0.05) is 12.7 Å². The lowest BCUT2D eigenvalue weighted by Gasteiger charge is -2.41. The quantitative estimate of drug-likeness (QED) is 0.699. The first kappa shape index (κ1) is 14.0. The van der Waals surface area contributed by atoms with Crippen molar-refractivity contribution in [2.75, 3.05) is 12.0 Å². The summed E-state index contributed by atoms with van der Waals surface area (Å²) in [6.45, 7) is 0. The molecule has 0 aliphatic heterocycles. The molecule has 7 heteroatoms. The molecule has 1 amide bonds. The van der Waals surface area contributed by atoms with E-state index >= 15 is 0 Å². The minimum Gasteiger partial charge on any atom is -0.481 e. The number of aliphatic carboxylic acids is 1. The van der Waals surface area contributed by atoms with Crippen LogP contribution in [0.3, 0.4) is 0 Å². The molecule has 0 bridgehead atoms. The average molecular weight is 263 g/mol. The number of hydrogen-bond donors (Lipinski definition) is 2. The molecule has 0 aromatic heterocycles. The molecule has 1 aliphatic carbocycles. The van der Waals surface area contributed by atoms with Gasteiger partial charge in [-0.05, 0) is 19.3 Å². The van der Waals surface area contributed by atoms with Gasteiger partial charge >= 0.3 is 5.97 Å². The van der Waals surface area contributed by atoms with Gasteiger partial charge in [0.05, 0.1) is 17.7 Å². The van der Waals surface area contributed by atoms with Crippen LogP contribution in [0.5, 0.6) is 0 Å². The Morgan fingerprint density at radius 1 is 1.35 bits per heavy atom. The number of carboxylic acid groups (broad SMARTS) is 1. The minimum atomic E-state index is -3.16. The largest absolute Gasteiger partial charge is 0.481 e. The van der Waals surface area contributed by atoms with Crippen molar-refractivity contribution in [2.45, 2.75) is 37.6 Å². The van der Waals surface area contributed by atoms with Crippen LogP contribution in [0.2, 0.25) is 0 Å². The van der Waals surface area contributed by atoms with E-state index in [0.717, 1.165) is 12.7 Å². The van der Waals surface area contributed by atoms with E-state index in [1.54, 1.807) is 0 Å². The van der Waals surface area contributed by atoms with Crippen molar-refractivity contribution >= 4 is 21.7 Å². The summed E-state index contributed by atoms with van der Waals surface area (Å²) < 4.78 is 21.8. The number of carbonyl (C=O) groups is 2. The van der Waals surface area contributed by atoms with Gasteiger partial charge in [0.2, 0.25) is 5.91 Å². The molecule has 1 aliphatic rings. The summed E-state index contributed by atoms with van der Waals surface area (Å²) in [5.74, 6) is -1.55. The fourth-order valence-corrected chi connectivity index (χ4v) is 2.43. The molecular weight excluding hydrogens is 246 g/mol. The Hall–Kier alpha value is -1.11. The van der Waals surface area contributed by atoms with Crippen molar-refractivity contribution in [2.24, 2.45) is 0 Å². The summed E-state index contributed by atoms with van der Waals surface area (Å²) in [5.41, 5.74) is -0.652. The summed E-state index contributed by atoms with van der Waals surface area (Å²) in [7, 11) is -3.16. The van der Waals surface area contributed by atoms with Crippen molar-refractivity contribution in [1.82, 2.24) is 5.32 Å². The van der Waals surface area contributed by atoms with Gasteiger partial charge < -0.3 is 10.4 Å². The Labute approximate surface area is 100 Å². The maximum atomic E-state index is 11.5. The minimum absolute atomic E-state index is 0.0996. The summed E-state index contributed by atoms with van der Waals surface area (Å²) in [4.78, 5) is 22.2. The molecule has 1 rings (SSSR count). The van der Waals surface area contributed by atoms with Gasteiger partial charge in [0.1, 0.15) is 9.84 Å². The van der Waals surface area contributed by atoms with Gasteiger partial charge in [0.15, 0.2) is 0 Å². The molecule has 0 saturated heterocycles. The van der Waals surface area contributed by atoms with Crippen LogP contribution in [0.15, 0.2) is 0 Å². The molecule has 98 valence electrons. The summed E-state index contributed by atoms with van der Waals surface area (Å²) in [5, 5.41) is 11.4. The molecule has 0 heterocycles. The van der Waals surface area contributed by atoms with Crippen molar-refractivity contribution in [3.63, 3.8) is 0 Å². The third-order valence-electron chi connectivity index (χ3n) is 2.90. The molecule has 0 spiro atoms. The number of amides is 1. The summed E-state index contributed by atoms with van der Waals surface area (Å²) >= 11 is 0. The molecule has 0 radical (unpaired) electrons. The van der Waals surface area contributed by atoms with E-state index in [1.807, 2.05) is 0 Å². The normalized spacial score (nSPS) is 18.2. The predicted octanol–water partition coefficient (Wildman–Crippen LogP) is -0.0653. The van der Waals surface area contributed by atoms with Gasteiger partial charge in [-0.25, -0.2) is 8.42 Å². The van der Waals surface area contributed by atoms with Gasteiger partial charge in [0.25, 0.3) is 0 Å². The second kappa shape index (κ2) is 5.03. The van der Waals surface area contributed by atoms with Gasteiger partial charge in [-0.1, -0.05) is 0 Å². The zero-order valence-electron chi connectivity index (χ0n) is 9.73. The van der Waals surface area contributed by atoms with E-state index in [9.17, 15) is 18.0 Å². The highest BCUT2D eigenvalue weighted by molar-refractivity contribution is 7.90. The third-order valence-corrected chi connectivity index (χ3v) is 3.85. The van der Waals surface area contributed by atoms with E-state index < -0.39 is 27.3 Å². The number of sulfone groups is 1. The molecule has 1 fully saturated rings. The number of carbonyl (C=O) groups excluding carboxylic acids is 1. The van der Waals surface area contributed by atoms with Crippen molar-refractivity contribution in [3.8, 4) is 0 Å². The molecule has 0 unspecified atom stereocenters. The Bertz CT molecular complexity index is 410. The maximum Gasteiger partial charge on any atom is 0.305 e. The van der Waals surface area contributed by atoms with Crippen LogP contribution in [0, 0.1) is 0 Å². The number of rotatable bonds is 6. The summed E-state index contributed by atoms with van der Waals surface area (Å²) in [6.07, 6.45) is 3.03. The van der Waals surface area contributed by atoms with E-state index in [-0.39, 0.29) is 18.6 Å². The first-order valence-electron chi connectivity index (χ1n) is 5.43. The first-order chi connectivity index (χ1) is 7.72. The molecule has 0 aromatic rings. The lowest BCUT2D eigenvalue weighted by Crippen LogP contribution is -2.54. The highest BCUT2D eigenvalue weighted by atomic mass is 32.2.